The van der Waals surface area contributed by atoms with Crippen molar-refractivity contribution >= 4 is 62.0 Å². The standard InChI is InChI=1S/C21H17Cl2N3O2S/c1-3-6-25(15-9-13(22)8-14(23)10-15)21(28)17-11-16-19(29-17)24-18-12(2)5-4-7-26(18)20(16)27/h4-5,7-11H,3,6H2,1-2H3. The van der Waals surface area contributed by atoms with Crippen molar-refractivity contribution in [3.63, 3.8) is 0 Å². The molecule has 0 saturated carbocycles. The van der Waals surface area contributed by atoms with Crippen LogP contribution in [0.15, 0.2) is 47.4 Å². The zero-order valence-electron chi connectivity index (χ0n) is 15.8. The maximum atomic E-state index is 13.3. The number of fused-ring (bicyclic) bond motifs is 2. The van der Waals surface area contributed by atoms with E-state index >= 15 is 0 Å². The molecule has 5 nitrogen and oxygen atoms in total. The minimum atomic E-state index is -0.210. The number of thiophene rings is 1. The lowest BCUT2D eigenvalue weighted by molar-refractivity contribution is 0.0991. The SMILES string of the molecule is CCCN(C(=O)c1cc2c(=O)n3cccc(C)c3nc2s1)c1cc(Cl)cc(Cl)c1. The fourth-order valence-electron chi connectivity index (χ4n) is 3.26. The van der Waals surface area contributed by atoms with Gasteiger partial charge in [0.2, 0.25) is 0 Å². The smallest absolute Gasteiger partial charge is 0.268 e. The highest BCUT2D eigenvalue weighted by atomic mass is 35.5. The first-order chi connectivity index (χ1) is 13.9. The third-order valence-corrected chi connectivity index (χ3v) is 6.05. The summed E-state index contributed by atoms with van der Waals surface area (Å²) < 4.78 is 1.51. The molecule has 3 heterocycles. The van der Waals surface area contributed by atoms with Crippen molar-refractivity contribution in [1.29, 1.82) is 0 Å². The van der Waals surface area contributed by atoms with Crippen molar-refractivity contribution in [2.75, 3.05) is 11.4 Å². The number of halogens is 2. The predicted octanol–water partition coefficient (Wildman–Crippen LogP) is 5.58. The molecular formula is C21H17Cl2N3O2S. The summed E-state index contributed by atoms with van der Waals surface area (Å²) in [5.74, 6) is -0.210. The summed E-state index contributed by atoms with van der Waals surface area (Å²) in [7, 11) is 0. The molecule has 0 bridgehead atoms. The lowest BCUT2D eigenvalue weighted by Gasteiger charge is -2.22. The van der Waals surface area contributed by atoms with Crippen molar-refractivity contribution < 1.29 is 4.79 Å². The zero-order valence-corrected chi connectivity index (χ0v) is 18.1. The van der Waals surface area contributed by atoms with Crippen molar-refractivity contribution in [2.24, 2.45) is 0 Å². The van der Waals surface area contributed by atoms with E-state index in [-0.39, 0.29) is 11.5 Å². The number of carbonyl (C=O) groups excluding carboxylic acids is 1. The number of pyridine rings is 1. The van der Waals surface area contributed by atoms with E-state index in [1.165, 1.54) is 15.7 Å². The highest BCUT2D eigenvalue weighted by molar-refractivity contribution is 7.20. The predicted molar refractivity (Wildman–Crippen MR) is 120 cm³/mol. The quantitative estimate of drug-likeness (QED) is 0.411. The molecule has 0 radical (unpaired) electrons. The number of hydrogen-bond donors (Lipinski definition) is 0. The summed E-state index contributed by atoms with van der Waals surface area (Å²) in [6.07, 6.45) is 2.44. The number of nitrogens with zero attached hydrogens (tertiary/aromatic N) is 3. The van der Waals surface area contributed by atoms with Crippen LogP contribution in [-0.2, 0) is 0 Å². The molecule has 0 aliphatic heterocycles. The molecule has 4 rings (SSSR count). The van der Waals surface area contributed by atoms with E-state index in [9.17, 15) is 9.59 Å². The molecule has 1 aromatic carbocycles. The Balaban J connectivity index is 1.84. The number of anilines is 1. The van der Waals surface area contributed by atoms with E-state index in [0.717, 1.165) is 12.0 Å². The molecule has 4 aromatic rings. The normalized spacial score (nSPS) is 11.3. The van der Waals surface area contributed by atoms with Gasteiger partial charge in [0.1, 0.15) is 10.5 Å². The van der Waals surface area contributed by atoms with Gasteiger partial charge in [-0.25, -0.2) is 4.98 Å². The van der Waals surface area contributed by atoms with Crippen molar-refractivity contribution in [3.05, 3.63) is 73.4 Å². The summed E-state index contributed by atoms with van der Waals surface area (Å²) >= 11 is 13.5. The van der Waals surface area contributed by atoms with Crippen LogP contribution in [0.2, 0.25) is 10.0 Å². The molecule has 29 heavy (non-hydrogen) atoms. The van der Waals surface area contributed by atoms with Crippen molar-refractivity contribution in [3.8, 4) is 0 Å². The third kappa shape index (κ3) is 3.64. The van der Waals surface area contributed by atoms with Crippen LogP contribution in [0.1, 0.15) is 28.6 Å². The summed E-state index contributed by atoms with van der Waals surface area (Å²) in [5, 5.41) is 1.35. The number of benzene rings is 1. The van der Waals surface area contributed by atoms with Crippen LogP contribution in [0, 0.1) is 6.92 Å². The van der Waals surface area contributed by atoms with Gasteiger partial charge in [-0.15, -0.1) is 11.3 Å². The number of rotatable bonds is 4. The van der Waals surface area contributed by atoms with E-state index < -0.39 is 0 Å². The van der Waals surface area contributed by atoms with Gasteiger partial charge in [-0.1, -0.05) is 36.2 Å². The van der Waals surface area contributed by atoms with Crippen LogP contribution in [0.4, 0.5) is 5.69 Å². The van der Waals surface area contributed by atoms with E-state index in [4.69, 9.17) is 23.2 Å². The lowest BCUT2D eigenvalue weighted by atomic mass is 10.2. The van der Waals surface area contributed by atoms with Crippen LogP contribution >= 0.6 is 34.5 Å². The summed E-state index contributed by atoms with van der Waals surface area (Å²) in [5.41, 5.74) is 1.93. The summed E-state index contributed by atoms with van der Waals surface area (Å²) in [6.45, 7) is 4.39. The number of aryl methyl sites for hydroxylation is 1. The van der Waals surface area contributed by atoms with Gasteiger partial charge < -0.3 is 4.90 Å². The Labute approximate surface area is 181 Å². The van der Waals surface area contributed by atoms with E-state index in [2.05, 4.69) is 4.98 Å². The highest BCUT2D eigenvalue weighted by Gasteiger charge is 2.22. The molecule has 0 atom stereocenters. The Morgan fingerprint density at radius 2 is 1.93 bits per heavy atom. The minimum Gasteiger partial charge on any atom is -0.308 e. The first-order valence-electron chi connectivity index (χ1n) is 9.08. The van der Waals surface area contributed by atoms with Gasteiger partial charge in [0.05, 0.1) is 10.3 Å². The maximum absolute atomic E-state index is 13.3. The fourth-order valence-corrected chi connectivity index (χ4v) is 4.75. The Morgan fingerprint density at radius 3 is 2.62 bits per heavy atom. The second-order valence-corrected chi connectivity index (χ2v) is 8.62. The topological polar surface area (TPSA) is 54.7 Å². The van der Waals surface area contributed by atoms with Gasteiger partial charge in [-0.3, -0.25) is 14.0 Å². The molecule has 0 aliphatic carbocycles. The van der Waals surface area contributed by atoms with Crippen molar-refractivity contribution in [2.45, 2.75) is 20.3 Å². The Bertz CT molecular complexity index is 1290. The molecule has 0 fully saturated rings. The second-order valence-electron chi connectivity index (χ2n) is 6.72. The van der Waals surface area contributed by atoms with Crippen LogP contribution in [0.5, 0.6) is 0 Å². The monoisotopic (exact) mass is 445 g/mol. The summed E-state index contributed by atoms with van der Waals surface area (Å²) in [4.78, 5) is 33.5. The first-order valence-corrected chi connectivity index (χ1v) is 10.7. The number of carbonyl (C=O) groups is 1. The van der Waals surface area contributed by atoms with E-state index in [0.29, 0.717) is 43.0 Å². The van der Waals surface area contributed by atoms with Gasteiger partial charge >= 0.3 is 0 Å². The van der Waals surface area contributed by atoms with Gasteiger partial charge in [-0.2, -0.15) is 0 Å². The highest BCUT2D eigenvalue weighted by Crippen LogP contribution is 2.29. The molecule has 148 valence electrons. The lowest BCUT2D eigenvalue weighted by Crippen LogP contribution is -2.31. The second kappa shape index (κ2) is 7.78. The van der Waals surface area contributed by atoms with Crippen LogP contribution in [-0.4, -0.2) is 21.8 Å². The van der Waals surface area contributed by atoms with Crippen LogP contribution in [0.25, 0.3) is 15.9 Å². The Kier molecular flexibility index (Phi) is 5.34. The van der Waals surface area contributed by atoms with Gasteiger partial charge in [0.25, 0.3) is 11.5 Å². The van der Waals surface area contributed by atoms with E-state index in [1.54, 1.807) is 35.4 Å². The molecule has 0 unspecified atom stereocenters. The molecule has 0 N–H and O–H groups in total. The number of hydrogen-bond acceptors (Lipinski definition) is 4. The van der Waals surface area contributed by atoms with Crippen molar-refractivity contribution in [1.82, 2.24) is 9.38 Å². The average Bonchev–Trinajstić information content (AvgIpc) is 3.10. The van der Waals surface area contributed by atoms with Crippen LogP contribution in [0.3, 0.4) is 0 Å². The average molecular weight is 446 g/mol. The summed E-state index contributed by atoms with van der Waals surface area (Å²) in [6, 6.07) is 10.4. The molecule has 0 spiro atoms. The Morgan fingerprint density at radius 1 is 1.21 bits per heavy atom. The molecular weight excluding hydrogens is 429 g/mol. The zero-order chi connectivity index (χ0) is 20.7. The minimum absolute atomic E-state index is 0.183. The molecule has 1 amide bonds. The largest absolute Gasteiger partial charge is 0.308 e. The van der Waals surface area contributed by atoms with Gasteiger partial charge in [0, 0.05) is 28.5 Å². The third-order valence-electron chi connectivity index (χ3n) is 4.59. The molecule has 3 aromatic heterocycles. The first kappa shape index (κ1) is 19.9. The maximum Gasteiger partial charge on any atom is 0.268 e. The van der Waals surface area contributed by atoms with Gasteiger partial charge in [0.15, 0.2) is 0 Å². The van der Waals surface area contributed by atoms with E-state index in [1.807, 2.05) is 26.0 Å². The number of aromatic nitrogens is 2. The van der Waals surface area contributed by atoms with Gasteiger partial charge in [-0.05, 0) is 49.2 Å². The molecule has 8 heteroatoms. The molecule has 0 aliphatic rings. The molecule has 0 saturated heterocycles. The Hall–Kier alpha value is -2.41. The van der Waals surface area contributed by atoms with Crippen LogP contribution < -0.4 is 10.5 Å². The number of amides is 1. The fraction of sp³-hybridized carbons (Fsp3) is 0.190.